The second-order valence-electron chi connectivity index (χ2n) is 6.71. The Morgan fingerprint density at radius 1 is 1.22 bits per heavy atom. The highest BCUT2D eigenvalue weighted by atomic mass is 16.3. The number of nitrogens with one attached hydrogen (secondary N) is 1. The first kappa shape index (κ1) is 16.0. The molecular formula is C18H24N2O3. The number of likely N-dealkylation sites (tertiary alicyclic amines) is 1. The molecule has 1 saturated carbocycles. The highest BCUT2D eigenvalue weighted by Crippen LogP contribution is 2.30. The topological polar surface area (TPSA) is 69.6 Å². The number of carbonyl (C=O) groups excluding carboxylic acids is 2. The van der Waals surface area contributed by atoms with E-state index in [2.05, 4.69) is 12.2 Å². The number of amides is 2. The lowest BCUT2D eigenvalue weighted by atomic mass is 9.90. The molecule has 1 aromatic carbocycles. The van der Waals surface area contributed by atoms with E-state index in [9.17, 15) is 14.7 Å². The molecule has 1 aliphatic carbocycles. The molecule has 1 aromatic rings. The standard InChI is InChI=1S/C18H24N2O3/c1-12-3-2-10-20(16(12)11-21)18(23)14-6-8-15(9-7-14)19-17(22)13-4-5-13/h6-9,12-13,16,21H,2-5,10-11H2,1H3,(H,19,22). The molecule has 23 heavy (non-hydrogen) atoms. The third-order valence-electron chi connectivity index (χ3n) is 4.91. The smallest absolute Gasteiger partial charge is 0.254 e. The fourth-order valence-corrected chi connectivity index (χ4v) is 3.23. The molecule has 0 aromatic heterocycles. The predicted molar refractivity (Wildman–Crippen MR) is 88.1 cm³/mol. The van der Waals surface area contributed by atoms with Gasteiger partial charge in [-0.05, 0) is 55.9 Å². The molecule has 2 N–H and O–H groups in total. The van der Waals surface area contributed by atoms with Crippen molar-refractivity contribution in [2.45, 2.75) is 38.6 Å². The molecule has 3 rings (SSSR count). The van der Waals surface area contributed by atoms with Gasteiger partial charge in [0.05, 0.1) is 12.6 Å². The van der Waals surface area contributed by atoms with Gasteiger partial charge in [0.1, 0.15) is 0 Å². The first-order chi connectivity index (χ1) is 11.1. The summed E-state index contributed by atoms with van der Waals surface area (Å²) in [6.45, 7) is 2.77. The summed E-state index contributed by atoms with van der Waals surface area (Å²) in [5.74, 6) is 0.496. The largest absolute Gasteiger partial charge is 0.394 e. The molecule has 5 heteroatoms. The van der Waals surface area contributed by atoms with E-state index in [0.29, 0.717) is 18.0 Å². The summed E-state index contributed by atoms with van der Waals surface area (Å²) < 4.78 is 0. The van der Waals surface area contributed by atoms with Gasteiger partial charge in [-0.1, -0.05) is 6.92 Å². The van der Waals surface area contributed by atoms with Crippen molar-refractivity contribution in [3.8, 4) is 0 Å². The first-order valence-electron chi connectivity index (χ1n) is 8.43. The van der Waals surface area contributed by atoms with Crippen molar-refractivity contribution >= 4 is 17.5 Å². The fourth-order valence-electron chi connectivity index (χ4n) is 3.23. The Kier molecular flexibility index (Phi) is 4.66. The van der Waals surface area contributed by atoms with Gasteiger partial charge in [0.15, 0.2) is 0 Å². The summed E-state index contributed by atoms with van der Waals surface area (Å²) in [5.41, 5.74) is 1.33. The highest BCUT2D eigenvalue weighted by molar-refractivity contribution is 5.97. The number of nitrogens with zero attached hydrogens (tertiary/aromatic N) is 1. The zero-order valence-corrected chi connectivity index (χ0v) is 13.5. The number of piperidine rings is 1. The van der Waals surface area contributed by atoms with E-state index in [1.165, 1.54) is 0 Å². The van der Waals surface area contributed by atoms with Crippen molar-refractivity contribution in [3.05, 3.63) is 29.8 Å². The molecule has 1 saturated heterocycles. The lowest BCUT2D eigenvalue weighted by Crippen LogP contribution is -2.49. The average molecular weight is 316 g/mol. The van der Waals surface area contributed by atoms with Gasteiger partial charge < -0.3 is 15.3 Å². The second-order valence-corrected chi connectivity index (χ2v) is 6.71. The van der Waals surface area contributed by atoms with Crippen LogP contribution < -0.4 is 5.32 Å². The van der Waals surface area contributed by atoms with Crippen molar-refractivity contribution in [1.82, 2.24) is 4.90 Å². The summed E-state index contributed by atoms with van der Waals surface area (Å²) in [7, 11) is 0. The normalized spacial score (nSPS) is 24.3. The lowest BCUT2D eigenvalue weighted by molar-refractivity contribution is -0.117. The van der Waals surface area contributed by atoms with Gasteiger partial charge in [0.2, 0.25) is 5.91 Å². The van der Waals surface area contributed by atoms with E-state index in [4.69, 9.17) is 0 Å². The van der Waals surface area contributed by atoms with Gasteiger partial charge in [-0.3, -0.25) is 9.59 Å². The molecule has 0 bridgehead atoms. The monoisotopic (exact) mass is 316 g/mol. The van der Waals surface area contributed by atoms with Crippen LogP contribution in [0.1, 0.15) is 43.0 Å². The van der Waals surface area contributed by atoms with Gasteiger partial charge in [-0.15, -0.1) is 0 Å². The maximum atomic E-state index is 12.7. The van der Waals surface area contributed by atoms with Crippen LogP contribution in [0.4, 0.5) is 5.69 Å². The molecule has 124 valence electrons. The second kappa shape index (κ2) is 6.71. The third kappa shape index (κ3) is 3.55. The third-order valence-corrected chi connectivity index (χ3v) is 4.91. The van der Waals surface area contributed by atoms with Crippen molar-refractivity contribution in [1.29, 1.82) is 0 Å². The SMILES string of the molecule is CC1CCCN(C(=O)c2ccc(NC(=O)C3CC3)cc2)C1CO. The van der Waals surface area contributed by atoms with Gasteiger partial charge >= 0.3 is 0 Å². The van der Waals surface area contributed by atoms with Crippen LogP contribution in [0.5, 0.6) is 0 Å². The van der Waals surface area contributed by atoms with Crippen LogP contribution in [0.15, 0.2) is 24.3 Å². The number of hydrogen-bond donors (Lipinski definition) is 2. The quantitative estimate of drug-likeness (QED) is 0.895. The molecular weight excluding hydrogens is 292 g/mol. The number of aliphatic hydroxyl groups is 1. The van der Waals surface area contributed by atoms with Crippen LogP contribution in [-0.2, 0) is 4.79 Å². The zero-order chi connectivity index (χ0) is 16.4. The minimum atomic E-state index is -0.106. The van der Waals surface area contributed by atoms with Crippen LogP contribution in [0, 0.1) is 11.8 Å². The number of anilines is 1. The number of rotatable bonds is 4. The maximum absolute atomic E-state index is 12.7. The van der Waals surface area contributed by atoms with E-state index >= 15 is 0 Å². The van der Waals surface area contributed by atoms with Gasteiger partial charge in [-0.25, -0.2) is 0 Å². The van der Waals surface area contributed by atoms with E-state index in [1.54, 1.807) is 29.2 Å². The Morgan fingerprint density at radius 3 is 2.52 bits per heavy atom. The Hall–Kier alpha value is -1.88. The molecule has 1 aliphatic heterocycles. The molecule has 5 nitrogen and oxygen atoms in total. The summed E-state index contributed by atoms with van der Waals surface area (Å²) in [4.78, 5) is 26.2. The molecule has 2 aliphatic rings. The average Bonchev–Trinajstić information content (AvgIpc) is 3.39. The molecule has 2 unspecified atom stereocenters. The van der Waals surface area contributed by atoms with Gasteiger partial charge in [0, 0.05) is 23.7 Å². The van der Waals surface area contributed by atoms with Crippen LogP contribution in [0.3, 0.4) is 0 Å². The van der Waals surface area contributed by atoms with E-state index < -0.39 is 0 Å². The molecule has 2 fully saturated rings. The molecule has 1 heterocycles. The Balaban J connectivity index is 1.68. The Bertz CT molecular complexity index is 580. The Labute approximate surface area is 136 Å². The van der Waals surface area contributed by atoms with Crippen LogP contribution in [-0.4, -0.2) is 41.0 Å². The van der Waals surface area contributed by atoms with Crippen LogP contribution >= 0.6 is 0 Å². The van der Waals surface area contributed by atoms with Crippen LogP contribution in [0.25, 0.3) is 0 Å². The van der Waals surface area contributed by atoms with Crippen molar-refractivity contribution in [2.24, 2.45) is 11.8 Å². The zero-order valence-electron chi connectivity index (χ0n) is 13.5. The van der Waals surface area contributed by atoms with Crippen molar-refractivity contribution in [3.63, 3.8) is 0 Å². The number of carbonyl (C=O) groups is 2. The first-order valence-corrected chi connectivity index (χ1v) is 8.43. The van der Waals surface area contributed by atoms with Gasteiger partial charge in [-0.2, -0.15) is 0 Å². The lowest BCUT2D eigenvalue weighted by Gasteiger charge is -2.39. The van der Waals surface area contributed by atoms with E-state index in [0.717, 1.165) is 31.4 Å². The highest BCUT2D eigenvalue weighted by Gasteiger charge is 2.32. The fraction of sp³-hybridized carbons (Fsp3) is 0.556. The summed E-state index contributed by atoms with van der Waals surface area (Å²) >= 11 is 0. The summed E-state index contributed by atoms with van der Waals surface area (Å²) in [6.07, 6.45) is 3.95. The summed E-state index contributed by atoms with van der Waals surface area (Å²) in [5, 5.41) is 12.5. The molecule has 0 radical (unpaired) electrons. The molecule has 0 spiro atoms. The van der Waals surface area contributed by atoms with E-state index in [1.807, 2.05) is 0 Å². The minimum Gasteiger partial charge on any atom is -0.394 e. The minimum absolute atomic E-state index is 0.00242. The number of hydrogen-bond acceptors (Lipinski definition) is 3. The van der Waals surface area contributed by atoms with E-state index in [-0.39, 0.29) is 30.4 Å². The molecule has 2 amide bonds. The molecule has 2 atom stereocenters. The number of benzene rings is 1. The van der Waals surface area contributed by atoms with Crippen molar-refractivity contribution < 1.29 is 14.7 Å². The van der Waals surface area contributed by atoms with Crippen molar-refractivity contribution in [2.75, 3.05) is 18.5 Å². The predicted octanol–water partition coefficient (Wildman–Crippen LogP) is 2.27. The summed E-state index contributed by atoms with van der Waals surface area (Å²) in [6, 6.07) is 6.94. The number of aliphatic hydroxyl groups excluding tert-OH is 1. The van der Waals surface area contributed by atoms with Crippen LogP contribution in [0.2, 0.25) is 0 Å². The maximum Gasteiger partial charge on any atom is 0.254 e. The van der Waals surface area contributed by atoms with Gasteiger partial charge in [0.25, 0.3) is 5.91 Å². The Morgan fingerprint density at radius 2 is 1.91 bits per heavy atom.